The van der Waals surface area contributed by atoms with Crippen molar-refractivity contribution in [2.45, 2.75) is 46.0 Å². The van der Waals surface area contributed by atoms with Crippen LogP contribution in [-0.2, 0) is 17.6 Å². The Morgan fingerprint density at radius 3 is 2.61 bits per heavy atom. The van der Waals surface area contributed by atoms with Crippen LogP contribution in [0.3, 0.4) is 0 Å². The Kier molecular flexibility index (Phi) is 6.47. The summed E-state index contributed by atoms with van der Waals surface area (Å²) in [5.41, 5.74) is 4.33. The van der Waals surface area contributed by atoms with Crippen LogP contribution in [0.15, 0.2) is 66.7 Å². The summed E-state index contributed by atoms with van der Waals surface area (Å²) in [6.07, 6.45) is 2.18. The van der Waals surface area contributed by atoms with Crippen molar-refractivity contribution < 1.29 is 4.79 Å². The van der Waals surface area contributed by atoms with Gasteiger partial charge in [0.1, 0.15) is 0 Å². The molecule has 0 saturated heterocycles. The van der Waals surface area contributed by atoms with Gasteiger partial charge in [-0.1, -0.05) is 74.5 Å². The molecule has 0 aliphatic carbocycles. The Balaban J connectivity index is 1.49. The van der Waals surface area contributed by atoms with Crippen LogP contribution in [0.1, 0.15) is 52.9 Å². The predicted molar refractivity (Wildman–Crippen MR) is 131 cm³/mol. The minimum atomic E-state index is 0.0132. The second kappa shape index (κ2) is 9.44. The Bertz CT molecular complexity index is 1210. The zero-order valence-corrected chi connectivity index (χ0v) is 19.1. The maximum atomic E-state index is 12.8. The number of benzene rings is 3. The number of nitrogens with zero attached hydrogens (tertiary/aromatic N) is 1. The maximum Gasteiger partial charge on any atom is 0.229 e. The lowest BCUT2D eigenvalue weighted by molar-refractivity contribution is -0.115. The molecular weight excluding hydrogens is 400 g/mol. The molecule has 0 radical (unpaired) electrons. The van der Waals surface area contributed by atoms with E-state index in [1.54, 1.807) is 11.3 Å². The first-order chi connectivity index (χ1) is 15.0. The number of thiazole rings is 1. The molecule has 1 N–H and O–H groups in total. The molecule has 3 aromatic carbocycles. The van der Waals surface area contributed by atoms with Gasteiger partial charge in [-0.25, -0.2) is 4.98 Å². The highest BCUT2D eigenvalue weighted by atomic mass is 32.1. The molecule has 0 aliphatic rings. The van der Waals surface area contributed by atoms with Crippen molar-refractivity contribution in [1.29, 1.82) is 0 Å². The SMILES string of the molecule is CCC(C)c1ccccc1NC(=O)Cc1sc(Cc2cccc3ccccc23)nc1C. The van der Waals surface area contributed by atoms with Crippen LogP contribution < -0.4 is 5.32 Å². The molecule has 0 fully saturated rings. The monoisotopic (exact) mass is 428 g/mol. The summed E-state index contributed by atoms with van der Waals surface area (Å²) in [6.45, 7) is 6.36. The normalized spacial score (nSPS) is 12.1. The molecule has 4 rings (SSSR count). The summed E-state index contributed by atoms with van der Waals surface area (Å²) >= 11 is 1.64. The number of para-hydroxylation sites is 1. The molecule has 3 nitrogen and oxygen atoms in total. The van der Waals surface area contributed by atoms with E-state index in [0.29, 0.717) is 12.3 Å². The van der Waals surface area contributed by atoms with E-state index < -0.39 is 0 Å². The van der Waals surface area contributed by atoms with Crippen molar-refractivity contribution in [3.8, 4) is 0 Å². The number of carbonyl (C=O) groups is 1. The first-order valence-corrected chi connectivity index (χ1v) is 11.7. The lowest BCUT2D eigenvalue weighted by atomic mass is 9.97. The third-order valence-corrected chi connectivity index (χ3v) is 7.02. The van der Waals surface area contributed by atoms with Gasteiger partial charge in [-0.2, -0.15) is 0 Å². The molecule has 1 aromatic heterocycles. The molecule has 1 unspecified atom stereocenters. The van der Waals surface area contributed by atoms with Crippen molar-refractivity contribution in [1.82, 2.24) is 4.98 Å². The van der Waals surface area contributed by atoms with Crippen molar-refractivity contribution in [2.75, 3.05) is 5.32 Å². The fourth-order valence-electron chi connectivity index (χ4n) is 3.94. The average molecular weight is 429 g/mol. The van der Waals surface area contributed by atoms with Crippen LogP contribution in [0, 0.1) is 6.92 Å². The number of aromatic nitrogens is 1. The van der Waals surface area contributed by atoms with Gasteiger partial charge in [0.2, 0.25) is 5.91 Å². The van der Waals surface area contributed by atoms with Crippen LogP contribution >= 0.6 is 11.3 Å². The summed E-state index contributed by atoms with van der Waals surface area (Å²) in [7, 11) is 0. The smallest absolute Gasteiger partial charge is 0.229 e. The Morgan fingerprint density at radius 1 is 1.03 bits per heavy atom. The van der Waals surface area contributed by atoms with Crippen LogP contribution in [0.25, 0.3) is 10.8 Å². The van der Waals surface area contributed by atoms with E-state index in [9.17, 15) is 4.79 Å². The van der Waals surface area contributed by atoms with Gasteiger partial charge in [-0.3, -0.25) is 4.79 Å². The fourth-order valence-corrected chi connectivity index (χ4v) is 5.03. The minimum Gasteiger partial charge on any atom is -0.326 e. The fraction of sp³-hybridized carbons (Fsp3) is 0.259. The molecule has 1 atom stereocenters. The number of anilines is 1. The largest absolute Gasteiger partial charge is 0.326 e. The molecule has 4 aromatic rings. The van der Waals surface area contributed by atoms with E-state index >= 15 is 0 Å². The van der Waals surface area contributed by atoms with Gasteiger partial charge in [0.25, 0.3) is 0 Å². The average Bonchev–Trinajstić information content (AvgIpc) is 3.12. The zero-order valence-electron chi connectivity index (χ0n) is 18.3. The highest BCUT2D eigenvalue weighted by molar-refractivity contribution is 7.11. The Hall–Kier alpha value is -2.98. The molecule has 1 heterocycles. The molecular formula is C27H28N2OS. The second-order valence-electron chi connectivity index (χ2n) is 8.05. The summed E-state index contributed by atoms with van der Waals surface area (Å²) in [4.78, 5) is 18.6. The van der Waals surface area contributed by atoms with Crippen molar-refractivity contribution in [3.05, 3.63) is 93.4 Å². The lowest BCUT2D eigenvalue weighted by Gasteiger charge is -2.15. The molecule has 1 amide bonds. The quantitative estimate of drug-likeness (QED) is 0.348. The minimum absolute atomic E-state index is 0.0132. The number of nitrogens with one attached hydrogen (secondary N) is 1. The number of carbonyl (C=O) groups excluding carboxylic acids is 1. The Morgan fingerprint density at radius 2 is 1.77 bits per heavy atom. The standard InChI is InChI=1S/C27H28N2OS/c1-4-18(2)22-13-7-8-15-24(22)29-26(30)17-25-19(3)28-27(31-25)16-21-12-9-11-20-10-5-6-14-23(20)21/h5-15,18H,4,16-17H2,1-3H3,(H,29,30). The topological polar surface area (TPSA) is 42.0 Å². The number of fused-ring (bicyclic) bond motifs is 1. The van der Waals surface area contributed by atoms with Gasteiger partial charge < -0.3 is 5.32 Å². The zero-order chi connectivity index (χ0) is 21.8. The lowest BCUT2D eigenvalue weighted by Crippen LogP contribution is -2.16. The van der Waals surface area contributed by atoms with Crippen molar-refractivity contribution in [2.24, 2.45) is 0 Å². The van der Waals surface area contributed by atoms with E-state index in [2.05, 4.69) is 67.7 Å². The molecule has 31 heavy (non-hydrogen) atoms. The Labute approximate surface area is 188 Å². The van der Waals surface area contributed by atoms with Gasteiger partial charge in [0.05, 0.1) is 17.1 Å². The van der Waals surface area contributed by atoms with E-state index in [4.69, 9.17) is 4.98 Å². The van der Waals surface area contributed by atoms with E-state index in [1.807, 2.05) is 25.1 Å². The van der Waals surface area contributed by atoms with E-state index in [0.717, 1.165) is 34.1 Å². The number of hydrogen-bond acceptors (Lipinski definition) is 3. The number of rotatable bonds is 7. The van der Waals surface area contributed by atoms with Gasteiger partial charge in [-0.15, -0.1) is 11.3 Å². The number of hydrogen-bond donors (Lipinski definition) is 1. The predicted octanol–water partition coefficient (Wildman–Crippen LogP) is 6.89. The first kappa shape index (κ1) is 21.3. The highest BCUT2D eigenvalue weighted by Gasteiger charge is 2.15. The number of aryl methyl sites for hydroxylation is 1. The molecule has 4 heteroatoms. The second-order valence-corrected chi connectivity index (χ2v) is 9.22. The summed E-state index contributed by atoms with van der Waals surface area (Å²) in [5.74, 6) is 0.424. The van der Waals surface area contributed by atoms with E-state index in [-0.39, 0.29) is 5.91 Å². The summed E-state index contributed by atoms with van der Waals surface area (Å²) < 4.78 is 0. The molecule has 0 bridgehead atoms. The maximum absolute atomic E-state index is 12.8. The van der Waals surface area contributed by atoms with Crippen LogP contribution in [0.2, 0.25) is 0 Å². The summed E-state index contributed by atoms with van der Waals surface area (Å²) in [5, 5.41) is 6.68. The number of amides is 1. The van der Waals surface area contributed by atoms with Crippen LogP contribution in [0.5, 0.6) is 0 Å². The van der Waals surface area contributed by atoms with Crippen molar-refractivity contribution >= 4 is 33.7 Å². The van der Waals surface area contributed by atoms with Gasteiger partial charge in [0.15, 0.2) is 0 Å². The third-order valence-electron chi connectivity index (χ3n) is 5.86. The van der Waals surface area contributed by atoms with Gasteiger partial charge in [-0.05, 0) is 47.2 Å². The summed E-state index contributed by atoms with van der Waals surface area (Å²) in [6, 6.07) is 22.9. The molecule has 0 saturated carbocycles. The molecule has 0 spiro atoms. The van der Waals surface area contributed by atoms with Crippen LogP contribution in [0.4, 0.5) is 5.69 Å². The van der Waals surface area contributed by atoms with E-state index in [1.165, 1.54) is 21.9 Å². The molecule has 0 aliphatic heterocycles. The van der Waals surface area contributed by atoms with Crippen molar-refractivity contribution in [3.63, 3.8) is 0 Å². The third kappa shape index (κ3) is 4.86. The van der Waals surface area contributed by atoms with Gasteiger partial charge >= 0.3 is 0 Å². The highest BCUT2D eigenvalue weighted by Crippen LogP contribution is 2.28. The molecule has 158 valence electrons. The van der Waals surface area contributed by atoms with Crippen LogP contribution in [-0.4, -0.2) is 10.9 Å². The first-order valence-electron chi connectivity index (χ1n) is 10.9. The van der Waals surface area contributed by atoms with Gasteiger partial charge in [0, 0.05) is 17.0 Å².